The van der Waals surface area contributed by atoms with Crippen LogP contribution >= 0.6 is 11.3 Å². The summed E-state index contributed by atoms with van der Waals surface area (Å²) in [5, 5.41) is 1.20. The van der Waals surface area contributed by atoms with Crippen molar-refractivity contribution in [1.29, 1.82) is 0 Å². The molecule has 2 aliphatic carbocycles. The van der Waals surface area contributed by atoms with E-state index in [1.165, 1.54) is 47.6 Å². The zero-order valence-electron chi connectivity index (χ0n) is 11.3. The number of thiophene rings is 1. The molecule has 2 aliphatic rings. The van der Waals surface area contributed by atoms with Gasteiger partial charge in [-0.3, -0.25) is 4.79 Å². The number of amides is 1. The monoisotopic (exact) mass is 279 g/mol. The van der Waals surface area contributed by atoms with Gasteiger partial charge in [-0.05, 0) is 44.4 Å². The zero-order chi connectivity index (χ0) is 13.6. The molecule has 0 atom stereocenters. The predicted molar refractivity (Wildman–Crippen MR) is 79.8 cm³/mol. The molecule has 5 heteroatoms. The van der Waals surface area contributed by atoms with Gasteiger partial charge in [-0.15, -0.1) is 11.3 Å². The van der Waals surface area contributed by atoms with Gasteiger partial charge in [0.2, 0.25) is 0 Å². The summed E-state index contributed by atoms with van der Waals surface area (Å²) in [5.74, 6) is 0.984. The largest absolute Gasteiger partial charge is 0.397 e. The first-order chi connectivity index (χ1) is 9.11. The molecule has 4 nitrogen and oxygen atoms in total. The second kappa shape index (κ2) is 4.71. The van der Waals surface area contributed by atoms with E-state index < -0.39 is 5.91 Å². The van der Waals surface area contributed by atoms with Crippen molar-refractivity contribution in [2.24, 2.45) is 11.7 Å². The van der Waals surface area contributed by atoms with E-state index in [1.54, 1.807) is 0 Å². The maximum absolute atomic E-state index is 11.5. The zero-order valence-corrected chi connectivity index (χ0v) is 12.1. The quantitative estimate of drug-likeness (QED) is 0.840. The summed E-state index contributed by atoms with van der Waals surface area (Å²) in [6.07, 6.45) is 5.04. The Morgan fingerprint density at radius 1 is 1.37 bits per heavy atom. The molecule has 3 rings (SSSR count). The van der Waals surface area contributed by atoms with Gasteiger partial charge < -0.3 is 16.4 Å². The summed E-state index contributed by atoms with van der Waals surface area (Å²) < 4.78 is 0. The van der Waals surface area contributed by atoms with Gasteiger partial charge in [0.05, 0.1) is 10.7 Å². The number of primary amides is 1. The Morgan fingerprint density at radius 3 is 2.53 bits per heavy atom. The van der Waals surface area contributed by atoms with Crippen molar-refractivity contribution >= 4 is 27.9 Å². The number of carbonyl (C=O) groups is 1. The van der Waals surface area contributed by atoms with Crippen LogP contribution in [0.4, 0.5) is 10.7 Å². The van der Waals surface area contributed by atoms with Crippen molar-refractivity contribution in [3.8, 4) is 0 Å². The number of nitrogens with two attached hydrogens (primary N) is 2. The Morgan fingerprint density at radius 2 is 2.05 bits per heavy atom. The summed E-state index contributed by atoms with van der Waals surface area (Å²) in [6, 6.07) is 0. The predicted octanol–water partition coefficient (Wildman–Crippen LogP) is 2.54. The van der Waals surface area contributed by atoms with Crippen LogP contribution in [0.25, 0.3) is 0 Å². The molecule has 1 aromatic rings. The van der Waals surface area contributed by atoms with Crippen LogP contribution in [0.5, 0.6) is 0 Å². The van der Waals surface area contributed by atoms with E-state index >= 15 is 0 Å². The summed E-state index contributed by atoms with van der Waals surface area (Å²) in [6.45, 7) is 4.22. The van der Waals surface area contributed by atoms with E-state index in [0.717, 1.165) is 19.0 Å². The van der Waals surface area contributed by atoms with Gasteiger partial charge >= 0.3 is 0 Å². The van der Waals surface area contributed by atoms with Crippen LogP contribution in [0.15, 0.2) is 0 Å². The highest BCUT2D eigenvalue weighted by Gasteiger charge is 2.35. The summed E-state index contributed by atoms with van der Waals surface area (Å²) in [4.78, 5) is 14.4. The van der Waals surface area contributed by atoms with E-state index in [1.807, 2.05) is 0 Å². The van der Waals surface area contributed by atoms with Crippen LogP contribution in [0.2, 0.25) is 0 Å². The van der Waals surface area contributed by atoms with E-state index in [9.17, 15) is 4.79 Å². The third kappa shape index (κ3) is 2.43. The number of rotatable bonds is 6. The van der Waals surface area contributed by atoms with E-state index in [4.69, 9.17) is 11.5 Å². The maximum Gasteiger partial charge on any atom is 0.260 e. The molecule has 1 heterocycles. The molecule has 0 aromatic carbocycles. The third-order valence-electron chi connectivity index (χ3n) is 4.02. The highest BCUT2D eigenvalue weighted by atomic mass is 32.1. The lowest BCUT2D eigenvalue weighted by atomic mass is 10.1. The second-order valence-corrected chi connectivity index (χ2v) is 6.68. The Labute approximate surface area is 117 Å². The Hall–Kier alpha value is -1.23. The molecule has 0 saturated heterocycles. The van der Waals surface area contributed by atoms with Gasteiger partial charge in [-0.25, -0.2) is 0 Å². The first kappa shape index (κ1) is 12.8. The fourth-order valence-electron chi connectivity index (χ4n) is 2.60. The smallest absolute Gasteiger partial charge is 0.260 e. The number of carbonyl (C=O) groups excluding carboxylic acids is 1. The van der Waals surface area contributed by atoms with Gasteiger partial charge in [0.25, 0.3) is 5.91 Å². The molecular formula is C14H21N3OS. The molecule has 0 spiro atoms. The minimum atomic E-state index is -0.391. The molecule has 0 unspecified atom stereocenters. The minimum Gasteiger partial charge on any atom is -0.397 e. The Kier molecular flexibility index (Phi) is 3.17. The van der Waals surface area contributed by atoms with E-state index in [2.05, 4.69) is 11.8 Å². The maximum atomic E-state index is 11.5. The molecule has 104 valence electrons. The van der Waals surface area contributed by atoms with Crippen LogP contribution < -0.4 is 16.4 Å². The van der Waals surface area contributed by atoms with Crippen molar-refractivity contribution in [2.75, 3.05) is 23.7 Å². The van der Waals surface area contributed by atoms with Crippen molar-refractivity contribution in [3.05, 3.63) is 10.4 Å². The van der Waals surface area contributed by atoms with Crippen LogP contribution in [0.3, 0.4) is 0 Å². The number of hydrogen-bond acceptors (Lipinski definition) is 4. The van der Waals surface area contributed by atoms with Crippen LogP contribution in [0.1, 0.15) is 53.8 Å². The van der Waals surface area contributed by atoms with Crippen molar-refractivity contribution in [3.63, 3.8) is 0 Å². The first-order valence-corrected chi connectivity index (χ1v) is 7.90. The minimum absolute atomic E-state index is 0.391. The van der Waals surface area contributed by atoms with Crippen LogP contribution in [-0.4, -0.2) is 19.0 Å². The molecule has 2 fully saturated rings. The Bertz CT molecular complexity index is 503. The third-order valence-corrected chi connectivity index (χ3v) is 5.31. The average molecular weight is 279 g/mol. The lowest BCUT2D eigenvalue weighted by Gasteiger charge is -2.23. The lowest BCUT2D eigenvalue weighted by molar-refractivity contribution is 0.100. The van der Waals surface area contributed by atoms with Crippen molar-refractivity contribution in [1.82, 2.24) is 0 Å². The number of hydrogen-bond donors (Lipinski definition) is 2. The van der Waals surface area contributed by atoms with Gasteiger partial charge in [-0.2, -0.15) is 0 Å². The molecular weight excluding hydrogens is 258 g/mol. The number of nitrogens with zero attached hydrogens (tertiary/aromatic N) is 1. The fraction of sp³-hybridized carbons (Fsp3) is 0.643. The van der Waals surface area contributed by atoms with Gasteiger partial charge in [-0.1, -0.05) is 0 Å². The highest BCUT2D eigenvalue weighted by molar-refractivity contribution is 7.18. The van der Waals surface area contributed by atoms with Gasteiger partial charge in [0, 0.05) is 18.7 Å². The SMILES string of the molecule is CCN(CC1CC1)c1sc(C(N)=O)c(N)c1C1CC1. The molecule has 0 aliphatic heterocycles. The molecule has 4 N–H and O–H groups in total. The van der Waals surface area contributed by atoms with Crippen molar-refractivity contribution < 1.29 is 4.79 Å². The van der Waals surface area contributed by atoms with Gasteiger partial charge in [0.15, 0.2) is 0 Å². The molecule has 2 saturated carbocycles. The van der Waals surface area contributed by atoms with Crippen molar-refractivity contribution in [2.45, 2.75) is 38.5 Å². The molecule has 0 radical (unpaired) electrons. The molecule has 0 bridgehead atoms. The second-order valence-electron chi connectivity index (χ2n) is 5.68. The first-order valence-electron chi connectivity index (χ1n) is 7.08. The lowest BCUT2D eigenvalue weighted by Crippen LogP contribution is -2.25. The number of nitrogen functional groups attached to an aromatic ring is 1. The van der Waals surface area contributed by atoms with E-state index in [-0.39, 0.29) is 0 Å². The van der Waals surface area contributed by atoms with Crippen LogP contribution in [-0.2, 0) is 0 Å². The molecule has 1 amide bonds. The highest BCUT2D eigenvalue weighted by Crippen LogP contribution is 2.52. The normalized spacial score (nSPS) is 18.6. The summed E-state index contributed by atoms with van der Waals surface area (Å²) in [7, 11) is 0. The summed E-state index contributed by atoms with van der Waals surface area (Å²) >= 11 is 1.49. The number of anilines is 2. The summed E-state index contributed by atoms with van der Waals surface area (Å²) in [5.41, 5.74) is 13.5. The van der Waals surface area contributed by atoms with E-state index in [0.29, 0.717) is 16.5 Å². The molecule has 19 heavy (non-hydrogen) atoms. The topological polar surface area (TPSA) is 72.3 Å². The Balaban J connectivity index is 1.97. The van der Waals surface area contributed by atoms with Gasteiger partial charge in [0.1, 0.15) is 4.88 Å². The van der Waals surface area contributed by atoms with Crippen LogP contribution in [0, 0.1) is 5.92 Å². The fourth-order valence-corrected chi connectivity index (χ4v) is 3.83. The molecule has 1 aromatic heterocycles. The standard InChI is InChI=1S/C14H21N3OS/c1-2-17(7-8-3-4-8)14-10(9-5-6-9)11(15)12(19-14)13(16)18/h8-9H,2-7,15H2,1H3,(H2,16,18). The average Bonchev–Trinajstić information content (AvgIpc) is 3.26.